The first-order valence-electron chi connectivity index (χ1n) is 11.1. The number of nitrogens with one attached hydrogen (secondary N) is 2. The van der Waals surface area contributed by atoms with Crippen LogP contribution in [-0.2, 0) is 0 Å². The number of carbonyl (C=O) groups excluding carboxylic acids is 1. The molecule has 4 aromatic rings. The van der Waals surface area contributed by atoms with Crippen LogP contribution in [0.25, 0.3) is 16.7 Å². The van der Waals surface area contributed by atoms with E-state index >= 15 is 0 Å². The average molecular weight is 444 g/mol. The van der Waals surface area contributed by atoms with Gasteiger partial charge in [-0.2, -0.15) is 9.78 Å². The number of hydrogen-bond acceptors (Lipinski definition) is 7. The molecule has 0 atom stereocenters. The van der Waals surface area contributed by atoms with Crippen LogP contribution in [0, 0.1) is 6.92 Å². The minimum Gasteiger partial charge on any atom is -0.393 e. The number of hydrogen-bond donors (Lipinski definition) is 3. The lowest BCUT2D eigenvalue weighted by molar-refractivity contribution is 0.102. The number of amides is 1. The number of aliphatic hydroxyl groups is 1. The van der Waals surface area contributed by atoms with Crippen molar-refractivity contribution in [2.75, 3.05) is 10.6 Å². The summed E-state index contributed by atoms with van der Waals surface area (Å²) in [6.07, 6.45) is 6.44. The predicted molar refractivity (Wildman–Crippen MR) is 125 cm³/mol. The molecule has 9 heteroatoms. The van der Waals surface area contributed by atoms with Gasteiger partial charge >= 0.3 is 0 Å². The summed E-state index contributed by atoms with van der Waals surface area (Å²) >= 11 is 0. The van der Waals surface area contributed by atoms with Crippen molar-refractivity contribution in [2.45, 2.75) is 44.8 Å². The lowest BCUT2D eigenvalue weighted by Gasteiger charge is -2.26. The standard InChI is InChI=1S/C24H25N7O2/c1-15-13-21(31(30-15)20-7-2-3-12-25-20)28-23(33)19-6-4-5-16-14-26-24(29-22(16)19)27-17-8-10-18(32)11-9-17/h2-7,12-14,17-18,32H,8-11H2,1H3,(H,28,33)(H,26,27,29). The van der Waals surface area contributed by atoms with E-state index in [0.29, 0.717) is 28.7 Å². The Balaban J connectivity index is 1.42. The molecular formula is C24H25N7O2. The van der Waals surface area contributed by atoms with Gasteiger partial charge in [-0.1, -0.05) is 18.2 Å². The monoisotopic (exact) mass is 443 g/mol. The summed E-state index contributed by atoms with van der Waals surface area (Å²) in [6.45, 7) is 1.86. The van der Waals surface area contributed by atoms with Crippen LogP contribution in [0.2, 0.25) is 0 Å². The zero-order chi connectivity index (χ0) is 22.8. The molecule has 9 nitrogen and oxygen atoms in total. The zero-order valence-corrected chi connectivity index (χ0v) is 18.3. The van der Waals surface area contributed by atoms with Gasteiger partial charge in [0.2, 0.25) is 5.95 Å². The highest BCUT2D eigenvalue weighted by molar-refractivity contribution is 6.11. The Hall–Kier alpha value is -3.85. The van der Waals surface area contributed by atoms with Crippen LogP contribution in [0.4, 0.5) is 11.8 Å². The third-order valence-electron chi connectivity index (χ3n) is 5.82. The van der Waals surface area contributed by atoms with Crippen LogP contribution in [0.1, 0.15) is 41.7 Å². The van der Waals surface area contributed by atoms with Crippen molar-refractivity contribution >= 4 is 28.6 Å². The molecule has 3 heterocycles. The predicted octanol–water partition coefficient (Wildman–Crippen LogP) is 3.49. The number of para-hydroxylation sites is 1. The molecule has 1 amide bonds. The minimum atomic E-state index is -0.289. The van der Waals surface area contributed by atoms with Crippen LogP contribution < -0.4 is 10.6 Å². The number of fused-ring (bicyclic) bond motifs is 1. The Morgan fingerprint density at radius 2 is 1.94 bits per heavy atom. The quantitative estimate of drug-likeness (QED) is 0.432. The molecule has 0 saturated heterocycles. The Morgan fingerprint density at radius 3 is 2.73 bits per heavy atom. The van der Waals surface area contributed by atoms with Crippen molar-refractivity contribution in [2.24, 2.45) is 0 Å². The molecule has 168 valence electrons. The molecule has 1 aliphatic carbocycles. The fraction of sp³-hybridized carbons (Fsp3) is 0.292. The van der Waals surface area contributed by atoms with Gasteiger partial charge in [0, 0.05) is 29.9 Å². The van der Waals surface area contributed by atoms with E-state index in [2.05, 4.69) is 30.7 Å². The van der Waals surface area contributed by atoms with E-state index in [4.69, 9.17) is 0 Å². The molecule has 0 spiro atoms. The number of aromatic nitrogens is 5. The summed E-state index contributed by atoms with van der Waals surface area (Å²) in [5.41, 5.74) is 1.78. The van der Waals surface area contributed by atoms with Crippen molar-refractivity contribution in [1.29, 1.82) is 0 Å². The molecule has 0 unspecified atom stereocenters. The van der Waals surface area contributed by atoms with Crippen molar-refractivity contribution in [3.05, 3.63) is 66.1 Å². The zero-order valence-electron chi connectivity index (χ0n) is 18.3. The smallest absolute Gasteiger partial charge is 0.259 e. The number of aliphatic hydroxyl groups excluding tert-OH is 1. The van der Waals surface area contributed by atoms with Gasteiger partial charge in [0.15, 0.2) is 5.82 Å². The molecule has 1 aromatic carbocycles. The van der Waals surface area contributed by atoms with Crippen molar-refractivity contribution in [1.82, 2.24) is 24.7 Å². The first-order valence-corrected chi connectivity index (χ1v) is 11.1. The lowest BCUT2D eigenvalue weighted by Crippen LogP contribution is -2.29. The molecule has 5 rings (SSSR count). The number of rotatable bonds is 5. The van der Waals surface area contributed by atoms with Gasteiger partial charge in [-0.3, -0.25) is 4.79 Å². The molecule has 0 radical (unpaired) electrons. The number of benzene rings is 1. The van der Waals surface area contributed by atoms with Gasteiger partial charge in [0.25, 0.3) is 5.91 Å². The van der Waals surface area contributed by atoms with E-state index in [0.717, 1.165) is 36.8 Å². The summed E-state index contributed by atoms with van der Waals surface area (Å²) in [5, 5.41) is 21.3. The molecule has 0 aliphatic heterocycles. The van der Waals surface area contributed by atoms with Gasteiger partial charge < -0.3 is 15.7 Å². The van der Waals surface area contributed by atoms with Gasteiger partial charge in [0.1, 0.15) is 5.82 Å². The molecule has 1 saturated carbocycles. The second kappa shape index (κ2) is 8.95. The van der Waals surface area contributed by atoms with Crippen molar-refractivity contribution < 1.29 is 9.90 Å². The Bertz CT molecular complexity index is 1280. The average Bonchev–Trinajstić information content (AvgIpc) is 3.20. The molecule has 1 fully saturated rings. The van der Waals surface area contributed by atoms with Crippen molar-refractivity contribution in [3.8, 4) is 5.82 Å². The highest BCUT2D eigenvalue weighted by Crippen LogP contribution is 2.24. The van der Waals surface area contributed by atoms with E-state index in [1.165, 1.54) is 0 Å². The van der Waals surface area contributed by atoms with E-state index < -0.39 is 0 Å². The van der Waals surface area contributed by atoms with Crippen LogP contribution in [0.15, 0.2) is 54.9 Å². The SMILES string of the molecule is Cc1cc(NC(=O)c2cccc3cnc(NC4CCC(O)CC4)nc23)n(-c2ccccn2)n1. The fourth-order valence-corrected chi connectivity index (χ4v) is 4.14. The van der Waals surface area contributed by atoms with Gasteiger partial charge in [-0.25, -0.2) is 15.0 Å². The minimum absolute atomic E-state index is 0.211. The third kappa shape index (κ3) is 4.54. The third-order valence-corrected chi connectivity index (χ3v) is 5.82. The van der Waals surface area contributed by atoms with E-state index in [1.807, 2.05) is 37.3 Å². The maximum absolute atomic E-state index is 13.3. The van der Waals surface area contributed by atoms with Crippen LogP contribution in [0.3, 0.4) is 0 Å². The maximum Gasteiger partial charge on any atom is 0.259 e. The number of nitrogens with zero attached hydrogens (tertiary/aromatic N) is 5. The number of aryl methyl sites for hydroxylation is 1. The second-order valence-corrected chi connectivity index (χ2v) is 8.31. The molecule has 1 aliphatic rings. The summed E-state index contributed by atoms with van der Waals surface area (Å²) < 4.78 is 1.61. The fourth-order valence-electron chi connectivity index (χ4n) is 4.14. The molecule has 33 heavy (non-hydrogen) atoms. The number of pyridine rings is 1. The second-order valence-electron chi connectivity index (χ2n) is 8.31. The van der Waals surface area contributed by atoms with Gasteiger partial charge in [-0.05, 0) is 50.8 Å². The molecule has 0 bridgehead atoms. The van der Waals surface area contributed by atoms with Crippen LogP contribution in [-0.4, -0.2) is 47.9 Å². The summed E-state index contributed by atoms with van der Waals surface area (Å²) in [4.78, 5) is 26.7. The molecular weight excluding hydrogens is 418 g/mol. The highest BCUT2D eigenvalue weighted by atomic mass is 16.3. The summed E-state index contributed by atoms with van der Waals surface area (Å²) in [5.74, 6) is 1.34. The first kappa shape index (κ1) is 21.0. The Morgan fingerprint density at radius 1 is 1.09 bits per heavy atom. The molecule has 3 N–H and O–H groups in total. The highest BCUT2D eigenvalue weighted by Gasteiger charge is 2.21. The van der Waals surface area contributed by atoms with E-state index in [9.17, 15) is 9.90 Å². The number of anilines is 2. The largest absolute Gasteiger partial charge is 0.393 e. The molecule has 3 aromatic heterocycles. The Kier molecular flexibility index (Phi) is 5.70. The number of carbonyl (C=O) groups is 1. The first-order chi connectivity index (χ1) is 16.1. The lowest BCUT2D eigenvalue weighted by atomic mass is 9.93. The normalized spacial score (nSPS) is 18.2. The maximum atomic E-state index is 13.3. The van der Waals surface area contributed by atoms with Crippen LogP contribution in [0.5, 0.6) is 0 Å². The van der Waals surface area contributed by atoms with Crippen molar-refractivity contribution in [3.63, 3.8) is 0 Å². The summed E-state index contributed by atoms with van der Waals surface area (Å²) in [6, 6.07) is 13.0. The summed E-state index contributed by atoms with van der Waals surface area (Å²) in [7, 11) is 0. The van der Waals surface area contributed by atoms with Crippen LogP contribution >= 0.6 is 0 Å². The van der Waals surface area contributed by atoms with Gasteiger partial charge in [0.05, 0.1) is 22.9 Å². The topological polar surface area (TPSA) is 118 Å². The van der Waals surface area contributed by atoms with Gasteiger partial charge in [-0.15, -0.1) is 0 Å². The Labute approximate surface area is 190 Å². The van der Waals surface area contributed by atoms with E-state index in [-0.39, 0.29) is 18.1 Å². The van der Waals surface area contributed by atoms with E-state index in [1.54, 1.807) is 29.2 Å².